The molecule has 0 aliphatic carbocycles. The van der Waals surface area contributed by atoms with Crippen LogP contribution in [0, 0.1) is 6.92 Å². The van der Waals surface area contributed by atoms with Crippen LogP contribution in [-0.2, 0) is 11.3 Å². The second kappa shape index (κ2) is 4.41. The summed E-state index contributed by atoms with van der Waals surface area (Å²) >= 11 is 0. The summed E-state index contributed by atoms with van der Waals surface area (Å²) in [7, 11) is 0. The van der Waals surface area contributed by atoms with E-state index in [1.54, 1.807) is 25.3 Å². The largest absolute Gasteiger partial charge is 0.478 e. The molecule has 0 bridgehead atoms. The number of aryl methyl sites for hydroxylation is 1. The van der Waals surface area contributed by atoms with Crippen LogP contribution in [0.4, 0.5) is 0 Å². The van der Waals surface area contributed by atoms with E-state index in [0.29, 0.717) is 5.56 Å². The molecule has 0 atom stereocenters. The summed E-state index contributed by atoms with van der Waals surface area (Å²) in [6.45, 7) is 2.01. The molecule has 0 saturated heterocycles. The Hall–Kier alpha value is -1.84. The van der Waals surface area contributed by atoms with Crippen LogP contribution >= 0.6 is 0 Å². The van der Waals surface area contributed by atoms with Gasteiger partial charge in [0.25, 0.3) is 5.56 Å². The van der Waals surface area contributed by atoms with Gasteiger partial charge < -0.3 is 9.67 Å². The molecule has 74 valence electrons. The molecule has 0 amide bonds. The minimum atomic E-state index is -1.01. The minimum Gasteiger partial charge on any atom is -0.478 e. The first-order valence-electron chi connectivity index (χ1n) is 4.17. The van der Waals surface area contributed by atoms with E-state index < -0.39 is 5.97 Å². The van der Waals surface area contributed by atoms with Gasteiger partial charge in [0.2, 0.25) is 0 Å². The van der Waals surface area contributed by atoms with Gasteiger partial charge >= 0.3 is 5.97 Å². The Morgan fingerprint density at radius 2 is 2.36 bits per heavy atom. The van der Waals surface area contributed by atoms with Gasteiger partial charge in [-0.15, -0.1) is 0 Å². The number of aliphatic carboxylic acids is 1. The molecule has 0 saturated carbocycles. The van der Waals surface area contributed by atoms with E-state index in [4.69, 9.17) is 5.11 Å². The number of carboxylic acids is 1. The molecule has 14 heavy (non-hydrogen) atoms. The Morgan fingerprint density at radius 1 is 1.64 bits per heavy atom. The van der Waals surface area contributed by atoms with Gasteiger partial charge in [0.1, 0.15) is 0 Å². The third-order valence-electron chi connectivity index (χ3n) is 1.77. The number of hydrogen-bond donors (Lipinski definition) is 1. The summed E-state index contributed by atoms with van der Waals surface area (Å²) in [4.78, 5) is 21.6. The van der Waals surface area contributed by atoms with Crippen LogP contribution in [-0.4, -0.2) is 15.6 Å². The highest BCUT2D eigenvalue weighted by molar-refractivity contribution is 5.79. The van der Waals surface area contributed by atoms with E-state index in [9.17, 15) is 9.59 Å². The summed E-state index contributed by atoms with van der Waals surface area (Å²) in [5.74, 6) is -1.01. The fraction of sp³-hybridized carbons (Fsp3) is 0.200. The molecule has 0 aliphatic rings. The maximum absolute atomic E-state index is 11.4. The Morgan fingerprint density at radius 3 is 3.00 bits per heavy atom. The fourth-order valence-corrected chi connectivity index (χ4v) is 1.07. The second-order valence-corrected chi connectivity index (χ2v) is 2.89. The van der Waals surface area contributed by atoms with Gasteiger partial charge in [-0.3, -0.25) is 4.79 Å². The monoisotopic (exact) mass is 193 g/mol. The van der Waals surface area contributed by atoms with Crippen LogP contribution < -0.4 is 5.56 Å². The first-order valence-corrected chi connectivity index (χ1v) is 4.17. The lowest BCUT2D eigenvalue weighted by Gasteiger charge is -2.01. The summed E-state index contributed by atoms with van der Waals surface area (Å²) in [6, 6.07) is 3.48. The Kier molecular flexibility index (Phi) is 3.23. The van der Waals surface area contributed by atoms with E-state index in [2.05, 4.69) is 0 Å². The van der Waals surface area contributed by atoms with E-state index in [0.717, 1.165) is 6.08 Å². The van der Waals surface area contributed by atoms with E-state index in [1.165, 1.54) is 10.6 Å². The number of rotatable bonds is 3. The quantitative estimate of drug-likeness (QED) is 0.722. The molecule has 0 aromatic carbocycles. The van der Waals surface area contributed by atoms with Crippen molar-refractivity contribution < 1.29 is 9.90 Å². The van der Waals surface area contributed by atoms with Crippen molar-refractivity contribution in [3.05, 3.63) is 46.4 Å². The highest BCUT2D eigenvalue weighted by Gasteiger charge is 1.95. The lowest BCUT2D eigenvalue weighted by atomic mass is 10.3. The average Bonchev–Trinajstić information content (AvgIpc) is 2.12. The molecule has 0 unspecified atom stereocenters. The van der Waals surface area contributed by atoms with Gasteiger partial charge in [0, 0.05) is 24.4 Å². The number of allylic oxidation sites excluding steroid dienone is 1. The van der Waals surface area contributed by atoms with Crippen molar-refractivity contribution in [1.82, 2.24) is 4.57 Å². The molecule has 0 fully saturated rings. The highest BCUT2D eigenvalue weighted by Crippen LogP contribution is 1.89. The number of carboxylic acid groups (broad SMARTS) is 1. The molecule has 4 nitrogen and oxygen atoms in total. The van der Waals surface area contributed by atoms with Crippen LogP contribution in [0.1, 0.15) is 5.56 Å². The minimum absolute atomic E-state index is 0.0949. The Labute approximate surface area is 81.1 Å². The van der Waals surface area contributed by atoms with Crippen LogP contribution in [0.5, 0.6) is 0 Å². The lowest BCUT2D eigenvalue weighted by molar-refractivity contribution is -0.131. The molecule has 1 aromatic rings. The van der Waals surface area contributed by atoms with E-state index in [-0.39, 0.29) is 12.1 Å². The number of carbonyl (C=O) groups is 1. The third-order valence-corrected chi connectivity index (χ3v) is 1.77. The molecule has 1 aromatic heterocycles. The van der Waals surface area contributed by atoms with Gasteiger partial charge in [-0.2, -0.15) is 0 Å². The smallest absolute Gasteiger partial charge is 0.328 e. The van der Waals surface area contributed by atoms with Gasteiger partial charge in [-0.1, -0.05) is 12.1 Å². The second-order valence-electron chi connectivity index (χ2n) is 2.89. The van der Waals surface area contributed by atoms with Crippen molar-refractivity contribution in [1.29, 1.82) is 0 Å². The van der Waals surface area contributed by atoms with Crippen molar-refractivity contribution in [2.75, 3.05) is 0 Å². The zero-order valence-electron chi connectivity index (χ0n) is 7.80. The number of pyridine rings is 1. The highest BCUT2D eigenvalue weighted by atomic mass is 16.4. The Balaban J connectivity index is 2.83. The van der Waals surface area contributed by atoms with Crippen molar-refractivity contribution in [3.63, 3.8) is 0 Å². The maximum Gasteiger partial charge on any atom is 0.328 e. The zero-order chi connectivity index (χ0) is 10.6. The first kappa shape index (κ1) is 10.2. The van der Waals surface area contributed by atoms with Gasteiger partial charge in [-0.05, 0) is 13.0 Å². The lowest BCUT2D eigenvalue weighted by Crippen LogP contribution is -2.20. The summed E-state index contributed by atoms with van der Waals surface area (Å²) in [5, 5.41) is 8.34. The van der Waals surface area contributed by atoms with Crippen molar-refractivity contribution in [2.45, 2.75) is 13.5 Å². The first-order chi connectivity index (χ1) is 6.61. The van der Waals surface area contributed by atoms with Crippen molar-refractivity contribution in [2.24, 2.45) is 0 Å². The van der Waals surface area contributed by atoms with Crippen LogP contribution in [0.15, 0.2) is 35.3 Å². The fourth-order valence-electron chi connectivity index (χ4n) is 1.07. The summed E-state index contributed by atoms with van der Waals surface area (Å²) in [6.07, 6.45) is 4.08. The maximum atomic E-state index is 11.4. The zero-order valence-corrected chi connectivity index (χ0v) is 7.80. The normalized spacial score (nSPS) is 10.6. The average molecular weight is 193 g/mol. The molecule has 0 spiro atoms. The molecule has 1 rings (SSSR count). The van der Waals surface area contributed by atoms with Crippen LogP contribution in [0.2, 0.25) is 0 Å². The standard InChI is InChI=1S/C10H11NO3/c1-8-4-2-6-11(10(8)14)7-3-5-9(12)13/h2-6H,7H2,1H3,(H,12,13)/b5-3+. The van der Waals surface area contributed by atoms with Crippen molar-refractivity contribution >= 4 is 5.97 Å². The van der Waals surface area contributed by atoms with Gasteiger partial charge in [-0.25, -0.2) is 4.79 Å². The topological polar surface area (TPSA) is 59.3 Å². The SMILES string of the molecule is Cc1cccn(C/C=C/C(=O)O)c1=O. The van der Waals surface area contributed by atoms with E-state index >= 15 is 0 Å². The molecular weight excluding hydrogens is 182 g/mol. The molecular formula is C10H11NO3. The van der Waals surface area contributed by atoms with Crippen molar-refractivity contribution in [3.8, 4) is 0 Å². The number of hydrogen-bond acceptors (Lipinski definition) is 2. The predicted molar refractivity (Wildman–Crippen MR) is 52.2 cm³/mol. The van der Waals surface area contributed by atoms with Crippen LogP contribution in [0.3, 0.4) is 0 Å². The number of nitrogens with zero attached hydrogens (tertiary/aromatic N) is 1. The molecule has 1 heterocycles. The summed E-state index contributed by atoms with van der Waals surface area (Å²) < 4.78 is 1.45. The Bertz CT molecular complexity index is 418. The molecule has 0 radical (unpaired) electrons. The predicted octanol–water partition coefficient (Wildman–Crippen LogP) is 0.798. The van der Waals surface area contributed by atoms with Crippen LogP contribution in [0.25, 0.3) is 0 Å². The molecule has 4 heteroatoms. The van der Waals surface area contributed by atoms with Gasteiger partial charge in [0.05, 0.1) is 0 Å². The van der Waals surface area contributed by atoms with Gasteiger partial charge in [0.15, 0.2) is 0 Å². The number of aromatic nitrogens is 1. The summed E-state index contributed by atoms with van der Waals surface area (Å²) in [5.41, 5.74) is 0.554. The molecule has 1 N–H and O–H groups in total. The molecule has 0 aliphatic heterocycles. The van der Waals surface area contributed by atoms with E-state index in [1.807, 2.05) is 0 Å². The third kappa shape index (κ3) is 2.58.